The zero-order chi connectivity index (χ0) is 19.8. The van der Waals surface area contributed by atoms with Gasteiger partial charge in [0.2, 0.25) is 0 Å². The van der Waals surface area contributed by atoms with E-state index in [1.807, 2.05) is 6.92 Å². The van der Waals surface area contributed by atoms with Crippen molar-refractivity contribution in [1.29, 1.82) is 0 Å². The van der Waals surface area contributed by atoms with E-state index in [-0.39, 0.29) is 17.9 Å². The Morgan fingerprint density at radius 1 is 1.11 bits per heavy atom. The lowest BCUT2D eigenvalue weighted by Crippen LogP contribution is -2.27. The number of esters is 1. The summed E-state index contributed by atoms with van der Waals surface area (Å²) >= 11 is 0. The van der Waals surface area contributed by atoms with Gasteiger partial charge in [0, 0.05) is 17.0 Å². The number of hydrogen-bond acceptors (Lipinski definition) is 6. The molecule has 4 rings (SSSR count). The Morgan fingerprint density at radius 2 is 1.89 bits per heavy atom. The smallest absolute Gasteiger partial charge is 0.336 e. The number of aryl methyl sites for hydroxylation is 2. The highest BCUT2D eigenvalue weighted by atomic mass is 16.5. The standard InChI is InChI=1S/C21H16N2O5/c1-12-9-18(24)28-20-13(2)17(8-7-14(12)20)27-19(25)10-23-11-22-16-6-4-3-5-15(16)21(23)26/h3-9,11H,10H2,1-2H3. The largest absolute Gasteiger partial charge is 0.425 e. The van der Waals surface area contributed by atoms with Crippen LogP contribution in [0.4, 0.5) is 0 Å². The summed E-state index contributed by atoms with van der Waals surface area (Å²) in [5.41, 5.74) is 1.47. The van der Waals surface area contributed by atoms with Gasteiger partial charge in [-0.2, -0.15) is 0 Å². The van der Waals surface area contributed by atoms with E-state index < -0.39 is 11.6 Å². The van der Waals surface area contributed by atoms with Gasteiger partial charge in [-0.1, -0.05) is 12.1 Å². The molecular formula is C21H16N2O5. The number of carbonyl (C=O) groups is 1. The molecule has 0 aliphatic rings. The lowest BCUT2D eigenvalue weighted by molar-refractivity contribution is -0.135. The van der Waals surface area contributed by atoms with Crippen molar-refractivity contribution >= 4 is 27.8 Å². The third-order valence-corrected chi connectivity index (χ3v) is 4.57. The quantitative estimate of drug-likeness (QED) is 0.310. The first kappa shape index (κ1) is 17.7. The third kappa shape index (κ3) is 3.07. The molecule has 0 unspecified atom stereocenters. The first-order valence-electron chi connectivity index (χ1n) is 8.63. The number of aromatic nitrogens is 2. The van der Waals surface area contributed by atoms with Crippen LogP contribution in [0.2, 0.25) is 0 Å². The molecule has 0 radical (unpaired) electrons. The SMILES string of the molecule is Cc1cc(=O)oc2c(C)c(OC(=O)Cn3cnc4ccccc4c3=O)ccc12. The topological polar surface area (TPSA) is 91.4 Å². The van der Waals surface area contributed by atoms with E-state index in [4.69, 9.17) is 9.15 Å². The van der Waals surface area contributed by atoms with E-state index in [1.54, 1.807) is 43.3 Å². The zero-order valence-corrected chi connectivity index (χ0v) is 15.3. The normalized spacial score (nSPS) is 11.1. The minimum atomic E-state index is -0.628. The Morgan fingerprint density at radius 3 is 2.71 bits per heavy atom. The highest BCUT2D eigenvalue weighted by molar-refractivity contribution is 5.86. The van der Waals surface area contributed by atoms with Crippen LogP contribution >= 0.6 is 0 Å². The first-order chi connectivity index (χ1) is 13.4. The fraction of sp³-hybridized carbons (Fsp3) is 0.143. The van der Waals surface area contributed by atoms with E-state index in [0.717, 1.165) is 10.9 Å². The van der Waals surface area contributed by atoms with Gasteiger partial charge in [0.1, 0.15) is 17.9 Å². The fourth-order valence-corrected chi connectivity index (χ4v) is 3.12. The highest BCUT2D eigenvalue weighted by Gasteiger charge is 2.14. The van der Waals surface area contributed by atoms with E-state index in [2.05, 4.69) is 4.98 Å². The molecule has 2 heterocycles. The van der Waals surface area contributed by atoms with Gasteiger partial charge in [0.15, 0.2) is 0 Å². The van der Waals surface area contributed by atoms with Gasteiger partial charge in [0.25, 0.3) is 5.56 Å². The Labute approximate surface area is 158 Å². The Balaban J connectivity index is 1.64. The van der Waals surface area contributed by atoms with Gasteiger partial charge in [-0.05, 0) is 43.7 Å². The van der Waals surface area contributed by atoms with E-state index in [9.17, 15) is 14.4 Å². The molecule has 0 amide bonds. The maximum atomic E-state index is 12.5. The molecule has 4 aromatic rings. The summed E-state index contributed by atoms with van der Waals surface area (Å²) in [4.78, 5) is 40.7. The molecule has 0 saturated carbocycles. The van der Waals surface area contributed by atoms with E-state index >= 15 is 0 Å². The molecule has 0 aliphatic heterocycles. The summed E-state index contributed by atoms with van der Waals surface area (Å²) in [5.74, 6) is -0.357. The van der Waals surface area contributed by atoms with Crippen LogP contribution in [0.1, 0.15) is 11.1 Å². The van der Waals surface area contributed by atoms with Gasteiger partial charge in [-0.15, -0.1) is 0 Å². The number of nitrogens with zero attached hydrogens (tertiary/aromatic N) is 2. The van der Waals surface area contributed by atoms with Crippen LogP contribution in [0.5, 0.6) is 5.75 Å². The lowest BCUT2D eigenvalue weighted by atomic mass is 10.1. The molecule has 7 heteroatoms. The highest BCUT2D eigenvalue weighted by Crippen LogP contribution is 2.28. The summed E-state index contributed by atoms with van der Waals surface area (Å²) in [6.45, 7) is 3.23. The van der Waals surface area contributed by atoms with Crippen molar-refractivity contribution in [3.8, 4) is 5.75 Å². The van der Waals surface area contributed by atoms with Crippen LogP contribution in [0, 0.1) is 13.8 Å². The molecule has 2 aromatic carbocycles. The molecule has 0 N–H and O–H groups in total. The molecule has 7 nitrogen and oxygen atoms in total. The van der Waals surface area contributed by atoms with Crippen molar-refractivity contribution in [1.82, 2.24) is 9.55 Å². The van der Waals surface area contributed by atoms with Crippen molar-refractivity contribution in [3.05, 3.63) is 80.7 Å². The summed E-state index contributed by atoms with van der Waals surface area (Å²) in [6, 6.07) is 11.7. The maximum Gasteiger partial charge on any atom is 0.336 e. The lowest BCUT2D eigenvalue weighted by Gasteiger charge is -2.11. The Kier molecular flexibility index (Phi) is 4.27. The average Bonchev–Trinajstić information content (AvgIpc) is 2.67. The number of ether oxygens (including phenoxy) is 1. The van der Waals surface area contributed by atoms with Crippen molar-refractivity contribution in [3.63, 3.8) is 0 Å². The van der Waals surface area contributed by atoms with Gasteiger partial charge in [-0.3, -0.25) is 9.36 Å². The van der Waals surface area contributed by atoms with E-state index in [1.165, 1.54) is 17.0 Å². The van der Waals surface area contributed by atoms with Crippen molar-refractivity contribution in [2.24, 2.45) is 0 Å². The third-order valence-electron chi connectivity index (χ3n) is 4.57. The predicted molar refractivity (Wildman–Crippen MR) is 104 cm³/mol. The summed E-state index contributed by atoms with van der Waals surface area (Å²) in [5, 5.41) is 1.20. The predicted octanol–water partition coefficient (Wildman–Crippen LogP) is 2.73. The van der Waals surface area contributed by atoms with Crippen molar-refractivity contribution in [2.45, 2.75) is 20.4 Å². The summed E-state index contributed by atoms with van der Waals surface area (Å²) in [6.07, 6.45) is 1.32. The van der Waals surface area contributed by atoms with Crippen LogP contribution < -0.4 is 15.9 Å². The van der Waals surface area contributed by atoms with Crippen LogP contribution in [-0.2, 0) is 11.3 Å². The second-order valence-corrected chi connectivity index (χ2v) is 6.48. The van der Waals surface area contributed by atoms with Crippen LogP contribution in [0.3, 0.4) is 0 Å². The zero-order valence-electron chi connectivity index (χ0n) is 15.3. The van der Waals surface area contributed by atoms with E-state index in [0.29, 0.717) is 22.0 Å². The van der Waals surface area contributed by atoms with Gasteiger partial charge >= 0.3 is 11.6 Å². The molecule has 0 bridgehead atoms. The number of para-hydroxylation sites is 1. The molecule has 2 aromatic heterocycles. The molecule has 140 valence electrons. The van der Waals surface area contributed by atoms with Gasteiger partial charge in [-0.25, -0.2) is 14.6 Å². The van der Waals surface area contributed by atoms with Gasteiger partial charge in [0.05, 0.1) is 17.2 Å². The van der Waals surface area contributed by atoms with Crippen LogP contribution in [0.15, 0.2) is 62.8 Å². The minimum Gasteiger partial charge on any atom is -0.425 e. The Hall–Kier alpha value is -3.74. The second-order valence-electron chi connectivity index (χ2n) is 6.48. The fourth-order valence-electron chi connectivity index (χ4n) is 3.12. The van der Waals surface area contributed by atoms with Crippen molar-refractivity contribution < 1.29 is 13.9 Å². The number of fused-ring (bicyclic) bond motifs is 2. The Bertz CT molecular complexity index is 1350. The monoisotopic (exact) mass is 376 g/mol. The maximum absolute atomic E-state index is 12.5. The first-order valence-corrected chi connectivity index (χ1v) is 8.63. The average molecular weight is 376 g/mol. The number of carbonyl (C=O) groups excluding carboxylic acids is 1. The van der Waals surface area contributed by atoms with Gasteiger partial charge < -0.3 is 9.15 Å². The second kappa shape index (κ2) is 6.77. The number of hydrogen-bond donors (Lipinski definition) is 0. The molecule has 0 fully saturated rings. The number of rotatable bonds is 3. The summed E-state index contributed by atoms with van der Waals surface area (Å²) < 4.78 is 11.9. The molecule has 0 saturated heterocycles. The molecule has 0 aliphatic carbocycles. The summed E-state index contributed by atoms with van der Waals surface area (Å²) in [7, 11) is 0. The van der Waals surface area contributed by atoms with Crippen LogP contribution in [-0.4, -0.2) is 15.5 Å². The molecular weight excluding hydrogens is 360 g/mol. The van der Waals surface area contributed by atoms with Crippen molar-refractivity contribution in [2.75, 3.05) is 0 Å². The molecule has 0 spiro atoms. The molecule has 28 heavy (non-hydrogen) atoms. The molecule has 0 atom stereocenters. The number of benzene rings is 2. The van der Waals surface area contributed by atoms with Crippen LogP contribution in [0.25, 0.3) is 21.9 Å². The minimum absolute atomic E-state index is 0.271.